The third-order valence-electron chi connectivity index (χ3n) is 4.08. The van der Waals surface area contributed by atoms with Gasteiger partial charge in [-0.05, 0) is 32.8 Å². The number of nitrogens with one attached hydrogen (secondary N) is 2. The molecular formula is C19H28N4O. The Morgan fingerprint density at radius 3 is 2.58 bits per heavy atom. The minimum absolute atomic E-state index is 0.393. The predicted octanol–water partition coefficient (Wildman–Crippen LogP) is 3.19. The van der Waals surface area contributed by atoms with Gasteiger partial charge in [0.15, 0.2) is 5.96 Å². The minimum atomic E-state index is 0.393. The molecule has 0 saturated heterocycles. The van der Waals surface area contributed by atoms with E-state index < -0.39 is 0 Å². The van der Waals surface area contributed by atoms with Crippen molar-refractivity contribution in [3.05, 3.63) is 52.9 Å². The van der Waals surface area contributed by atoms with Crippen LogP contribution < -0.4 is 10.6 Å². The zero-order chi connectivity index (χ0) is 17.4. The summed E-state index contributed by atoms with van der Waals surface area (Å²) in [5, 5.41) is 10.7. The molecule has 1 unspecified atom stereocenters. The van der Waals surface area contributed by atoms with Crippen molar-refractivity contribution in [2.24, 2.45) is 4.99 Å². The Morgan fingerprint density at radius 2 is 1.96 bits per heavy atom. The average Bonchev–Trinajstić information content (AvgIpc) is 2.92. The molecule has 1 atom stereocenters. The van der Waals surface area contributed by atoms with E-state index in [1.54, 1.807) is 0 Å². The summed E-state index contributed by atoms with van der Waals surface area (Å²) in [6, 6.07) is 10.5. The standard InChI is InChI=1S/C19H28N4O/c1-5-20-19(21-12-11-18-15(3)23-24-16(18)4)22-13-14(2)17-9-7-6-8-10-17/h6-10,14H,5,11-13H2,1-4H3,(H2,20,21,22). The third-order valence-corrected chi connectivity index (χ3v) is 4.08. The lowest BCUT2D eigenvalue weighted by molar-refractivity contribution is 0.392. The average molecular weight is 328 g/mol. The van der Waals surface area contributed by atoms with Crippen molar-refractivity contribution in [2.45, 2.75) is 40.0 Å². The molecule has 0 bridgehead atoms. The van der Waals surface area contributed by atoms with Gasteiger partial charge in [-0.2, -0.15) is 0 Å². The summed E-state index contributed by atoms with van der Waals surface area (Å²) < 4.78 is 5.20. The Morgan fingerprint density at radius 1 is 1.21 bits per heavy atom. The molecule has 0 amide bonds. The molecule has 5 nitrogen and oxygen atoms in total. The highest BCUT2D eigenvalue weighted by molar-refractivity contribution is 5.79. The van der Waals surface area contributed by atoms with E-state index in [-0.39, 0.29) is 0 Å². The van der Waals surface area contributed by atoms with Crippen molar-refractivity contribution in [1.82, 2.24) is 15.8 Å². The van der Waals surface area contributed by atoms with E-state index in [0.717, 1.165) is 43.5 Å². The van der Waals surface area contributed by atoms with E-state index in [2.05, 4.69) is 53.9 Å². The van der Waals surface area contributed by atoms with Crippen LogP contribution in [0.3, 0.4) is 0 Å². The molecule has 0 aliphatic rings. The highest BCUT2D eigenvalue weighted by atomic mass is 16.5. The van der Waals surface area contributed by atoms with Crippen molar-refractivity contribution in [3.8, 4) is 0 Å². The van der Waals surface area contributed by atoms with E-state index in [1.165, 1.54) is 11.1 Å². The first kappa shape index (κ1) is 18.0. The zero-order valence-corrected chi connectivity index (χ0v) is 15.1. The van der Waals surface area contributed by atoms with Crippen LogP contribution in [0.25, 0.3) is 0 Å². The maximum absolute atomic E-state index is 5.20. The molecule has 1 aromatic heterocycles. The van der Waals surface area contributed by atoms with Crippen LogP contribution in [0.5, 0.6) is 0 Å². The fourth-order valence-electron chi connectivity index (χ4n) is 2.62. The Bertz CT molecular complexity index is 629. The van der Waals surface area contributed by atoms with Crippen molar-refractivity contribution < 1.29 is 4.52 Å². The van der Waals surface area contributed by atoms with Gasteiger partial charge in [-0.25, -0.2) is 0 Å². The molecular weight excluding hydrogens is 300 g/mol. The van der Waals surface area contributed by atoms with E-state index in [0.29, 0.717) is 5.92 Å². The van der Waals surface area contributed by atoms with Gasteiger partial charge in [-0.15, -0.1) is 0 Å². The maximum Gasteiger partial charge on any atom is 0.191 e. The number of benzene rings is 1. The van der Waals surface area contributed by atoms with Crippen molar-refractivity contribution in [1.29, 1.82) is 0 Å². The van der Waals surface area contributed by atoms with Gasteiger partial charge < -0.3 is 15.2 Å². The molecule has 2 N–H and O–H groups in total. The Kier molecular flexibility index (Phi) is 6.85. The van der Waals surface area contributed by atoms with Crippen LogP contribution in [0.15, 0.2) is 39.8 Å². The molecule has 5 heteroatoms. The van der Waals surface area contributed by atoms with Gasteiger partial charge in [0.2, 0.25) is 0 Å². The fraction of sp³-hybridized carbons (Fsp3) is 0.474. The molecule has 0 radical (unpaired) electrons. The van der Waals surface area contributed by atoms with Crippen LogP contribution in [0, 0.1) is 13.8 Å². The monoisotopic (exact) mass is 328 g/mol. The van der Waals surface area contributed by atoms with Crippen LogP contribution in [0.2, 0.25) is 0 Å². The minimum Gasteiger partial charge on any atom is -0.361 e. The topological polar surface area (TPSA) is 62.5 Å². The van der Waals surface area contributed by atoms with Crippen LogP contribution in [-0.2, 0) is 6.42 Å². The number of nitrogens with zero attached hydrogens (tertiary/aromatic N) is 2. The maximum atomic E-state index is 5.20. The molecule has 0 aliphatic carbocycles. The van der Waals surface area contributed by atoms with Gasteiger partial charge in [0, 0.05) is 31.1 Å². The molecule has 0 aliphatic heterocycles. The van der Waals surface area contributed by atoms with Crippen molar-refractivity contribution in [2.75, 3.05) is 19.6 Å². The Hall–Kier alpha value is -2.30. The van der Waals surface area contributed by atoms with Crippen LogP contribution >= 0.6 is 0 Å². The molecule has 0 fully saturated rings. The summed E-state index contributed by atoms with van der Waals surface area (Å²) in [7, 11) is 0. The second-order valence-electron chi connectivity index (χ2n) is 6.01. The number of hydrogen-bond donors (Lipinski definition) is 2. The van der Waals surface area contributed by atoms with E-state index >= 15 is 0 Å². The molecule has 1 aromatic carbocycles. The first-order valence-electron chi connectivity index (χ1n) is 8.60. The van der Waals surface area contributed by atoms with Gasteiger partial charge in [-0.1, -0.05) is 42.4 Å². The lowest BCUT2D eigenvalue weighted by Gasteiger charge is -2.13. The van der Waals surface area contributed by atoms with Gasteiger partial charge in [-0.3, -0.25) is 4.99 Å². The normalized spacial score (nSPS) is 12.9. The summed E-state index contributed by atoms with van der Waals surface area (Å²) in [5.74, 6) is 2.14. The Labute approximate surface area is 144 Å². The lowest BCUT2D eigenvalue weighted by Crippen LogP contribution is -2.38. The predicted molar refractivity (Wildman–Crippen MR) is 98.5 cm³/mol. The largest absolute Gasteiger partial charge is 0.361 e. The first-order valence-corrected chi connectivity index (χ1v) is 8.60. The Balaban J connectivity index is 1.88. The van der Waals surface area contributed by atoms with Gasteiger partial charge in [0.1, 0.15) is 5.76 Å². The summed E-state index contributed by atoms with van der Waals surface area (Å²) in [6.45, 7) is 10.6. The van der Waals surface area contributed by atoms with E-state index in [9.17, 15) is 0 Å². The molecule has 0 saturated carbocycles. The van der Waals surface area contributed by atoms with Gasteiger partial charge in [0.05, 0.1) is 5.69 Å². The molecule has 2 rings (SSSR count). The second kappa shape index (κ2) is 9.11. The van der Waals surface area contributed by atoms with E-state index in [4.69, 9.17) is 9.52 Å². The number of aryl methyl sites for hydroxylation is 2. The molecule has 130 valence electrons. The zero-order valence-electron chi connectivity index (χ0n) is 15.1. The third kappa shape index (κ3) is 5.11. The highest BCUT2D eigenvalue weighted by Crippen LogP contribution is 2.14. The number of aliphatic imine (C=N–C) groups is 1. The SMILES string of the molecule is CCNC(=NCC(C)c1ccccc1)NCCc1c(C)noc1C. The van der Waals surface area contributed by atoms with Crippen LogP contribution in [0.1, 0.15) is 42.3 Å². The smallest absolute Gasteiger partial charge is 0.191 e. The lowest BCUT2D eigenvalue weighted by atomic mass is 10.0. The number of aromatic nitrogens is 1. The van der Waals surface area contributed by atoms with Crippen LogP contribution in [-0.4, -0.2) is 30.8 Å². The number of hydrogen-bond acceptors (Lipinski definition) is 3. The first-order chi connectivity index (χ1) is 11.6. The van der Waals surface area contributed by atoms with Gasteiger partial charge in [0.25, 0.3) is 0 Å². The molecule has 24 heavy (non-hydrogen) atoms. The van der Waals surface area contributed by atoms with E-state index in [1.807, 2.05) is 19.9 Å². The second-order valence-corrected chi connectivity index (χ2v) is 6.01. The van der Waals surface area contributed by atoms with Crippen molar-refractivity contribution >= 4 is 5.96 Å². The van der Waals surface area contributed by atoms with Crippen molar-refractivity contribution in [3.63, 3.8) is 0 Å². The number of rotatable bonds is 7. The fourth-order valence-corrected chi connectivity index (χ4v) is 2.62. The number of guanidine groups is 1. The quantitative estimate of drug-likeness (QED) is 0.605. The summed E-state index contributed by atoms with van der Waals surface area (Å²) in [4.78, 5) is 4.71. The van der Waals surface area contributed by atoms with Crippen LogP contribution in [0.4, 0.5) is 0 Å². The molecule has 0 spiro atoms. The summed E-state index contributed by atoms with van der Waals surface area (Å²) in [6.07, 6.45) is 0.875. The molecule has 2 aromatic rings. The summed E-state index contributed by atoms with van der Waals surface area (Å²) in [5.41, 5.74) is 3.46. The highest BCUT2D eigenvalue weighted by Gasteiger charge is 2.09. The summed E-state index contributed by atoms with van der Waals surface area (Å²) >= 11 is 0. The molecule has 1 heterocycles. The van der Waals surface area contributed by atoms with Gasteiger partial charge >= 0.3 is 0 Å².